The largest absolute Gasteiger partial charge is 0.460 e. The molecule has 0 aromatic heterocycles. The Morgan fingerprint density at radius 1 is 0.714 bits per heavy atom. The van der Waals surface area contributed by atoms with E-state index in [9.17, 15) is 19.2 Å². The second-order valence-corrected chi connectivity index (χ2v) is 11.7. The zero-order valence-corrected chi connectivity index (χ0v) is 25.8. The second kappa shape index (κ2) is 18.8. The molecule has 2 rings (SSSR count). The van der Waals surface area contributed by atoms with Crippen LogP contribution >= 0.6 is 0 Å². The van der Waals surface area contributed by atoms with Crippen LogP contribution in [-0.2, 0) is 41.9 Å². The van der Waals surface area contributed by atoms with E-state index in [-0.39, 0.29) is 31.6 Å². The third-order valence-corrected chi connectivity index (χ3v) is 6.85. The first-order valence-electron chi connectivity index (χ1n) is 15.0. The average Bonchev–Trinajstić information content (AvgIpc) is 2.97. The minimum atomic E-state index is -1.07. The normalized spacial score (nSPS) is 13.3. The lowest BCUT2D eigenvalue weighted by molar-refractivity contribution is -0.153. The molecule has 0 heterocycles. The predicted molar refractivity (Wildman–Crippen MR) is 163 cm³/mol. The fourth-order valence-electron chi connectivity index (χ4n) is 4.42. The van der Waals surface area contributed by atoms with Crippen LogP contribution in [0.5, 0.6) is 0 Å². The predicted octanol–water partition coefficient (Wildman–Crippen LogP) is 5.38. The molecule has 0 aliphatic carbocycles. The summed E-state index contributed by atoms with van der Waals surface area (Å²) in [5.41, 5.74) is 1.75. The van der Waals surface area contributed by atoms with Crippen LogP contribution in [0.4, 0.5) is 0 Å². The highest BCUT2D eigenvalue weighted by Gasteiger charge is 2.33. The monoisotopic (exact) mass is 580 g/mol. The Morgan fingerprint density at radius 2 is 1.31 bits per heavy atom. The molecule has 230 valence electrons. The fraction of sp³-hybridized carbons (Fsp3) is 0.529. The summed E-state index contributed by atoms with van der Waals surface area (Å²) in [5, 5.41) is 5.60. The van der Waals surface area contributed by atoms with Crippen molar-refractivity contribution < 1.29 is 28.7 Å². The Labute approximate surface area is 250 Å². The summed E-state index contributed by atoms with van der Waals surface area (Å²) in [6.45, 7) is 9.92. The molecule has 2 N–H and O–H groups in total. The van der Waals surface area contributed by atoms with Crippen LogP contribution in [0.15, 0.2) is 60.7 Å². The molecule has 2 aromatic carbocycles. The third-order valence-electron chi connectivity index (χ3n) is 6.85. The van der Waals surface area contributed by atoms with E-state index in [1.807, 2.05) is 74.5 Å². The standard InChI is InChI=1S/C34H48N2O6/c1-24(2)14-12-13-19-31(37)35-30(23-41-21-27-15-8-6-9-16-27)33(39)36-29(20-25(3)4)32(38)26(5)34(40)42-22-28-17-10-7-11-18-28/h6-11,15-18,24-26,29-30H,12-14,19-23H2,1-5H3,(H,35,37)(H,36,39)/t26?,29-,30-/m0/s1. The number of unbranched alkanes of at least 4 members (excludes halogenated alkanes) is 1. The number of nitrogens with one attached hydrogen (secondary N) is 2. The molecule has 0 fully saturated rings. The van der Waals surface area contributed by atoms with Crippen LogP contribution in [0.25, 0.3) is 0 Å². The van der Waals surface area contributed by atoms with Crippen molar-refractivity contribution in [1.82, 2.24) is 10.6 Å². The van der Waals surface area contributed by atoms with Crippen molar-refractivity contribution in [3.63, 3.8) is 0 Å². The first-order valence-corrected chi connectivity index (χ1v) is 15.0. The molecule has 8 heteroatoms. The van der Waals surface area contributed by atoms with Crippen LogP contribution in [-0.4, -0.2) is 42.3 Å². The summed E-state index contributed by atoms with van der Waals surface area (Å²) in [6.07, 6.45) is 3.31. The van der Waals surface area contributed by atoms with Crippen molar-refractivity contribution in [3.8, 4) is 0 Å². The molecule has 0 aliphatic rings. The maximum Gasteiger partial charge on any atom is 0.316 e. The topological polar surface area (TPSA) is 111 Å². The molecule has 0 spiro atoms. The van der Waals surface area contributed by atoms with Gasteiger partial charge in [0.1, 0.15) is 18.6 Å². The SMILES string of the molecule is CC(C)CCCCC(=O)N[C@@H](COCc1ccccc1)C(=O)N[C@@H](CC(C)C)C(=O)C(C)C(=O)OCc1ccccc1. The number of carbonyl (C=O) groups is 4. The quantitative estimate of drug-likeness (QED) is 0.131. The van der Waals surface area contributed by atoms with Gasteiger partial charge in [-0.25, -0.2) is 0 Å². The molecular formula is C34H48N2O6. The molecule has 1 unspecified atom stereocenters. The molecule has 2 aromatic rings. The van der Waals surface area contributed by atoms with Crippen LogP contribution in [0, 0.1) is 17.8 Å². The summed E-state index contributed by atoms with van der Waals surface area (Å²) < 4.78 is 11.2. The highest BCUT2D eigenvalue weighted by atomic mass is 16.5. The van der Waals surface area contributed by atoms with Crippen molar-refractivity contribution in [2.75, 3.05) is 6.61 Å². The van der Waals surface area contributed by atoms with Gasteiger partial charge in [0.25, 0.3) is 0 Å². The smallest absolute Gasteiger partial charge is 0.316 e. The number of Topliss-reactive ketones (excluding diaryl/α,β-unsaturated/α-hetero) is 1. The van der Waals surface area contributed by atoms with Crippen LogP contribution < -0.4 is 10.6 Å². The van der Waals surface area contributed by atoms with E-state index in [1.54, 1.807) is 0 Å². The van der Waals surface area contributed by atoms with Gasteiger partial charge in [0, 0.05) is 6.42 Å². The lowest BCUT2D eigenvalue weighted by Crippen LogP contribution is -2.54. The fourth-order valence-corrected chi connectivity index (χ4v) is 4.42. The van der Waals surface area contributed by atoms with Crippen LogP contribution in [0.2, 0.25) is 0 Å². The summed E-state index contributed by atoms with van der Waals surface area (Å²) in [6, 6.07) is 16.8. The van der Waals surface area contributed by atoms with E-state index < -0.39 is 35.7 Å². The Kier molecular flexibility index (Phi) is 15.5. The van der Waals surface area contributed by atoms with E-state index in [2.05, 4.69) is 24.5 Å². The number of carbonyl (C=O) groups excluding carboxylic acids is 4. The maximum atomic E-state index is 13.5. The molecule has 0 aliphatic heterocycles. The minimum Gasteiger partial charge on any atom is -0.460 e. The maximum absolute atomic E-state index is 13.5. The van der Waals surface area contributed by atoms with Crippen LogP contribution in [0.1, 0.15) is 77.8 Å². The van der Waals surface area contributed by atoms with Gasteiger partial charge in [-0.2, -0.15) is 0 Å². The summed E-state index contributed by atoms with van der Waals surface area (Å²) in [7, 11) is 0. The van der Waals surface area contributed by atoms with E-state index in [0.29, 0.717) is 18.8 Å². The number of benzene rings is 2. The van der Waals surface area contributed by atoms with E-state index in [0.717, 1.165) is 30.4 Å². The van der Waals surface area contributed by atoms with Crippen molar-refractivity contribution in [3.05, 3.63) is 71.8 Å². The minimum absolute atomic E-state index is 0.0581. The number of ketones is 1. The van der Waals surface area contributed by atoms with Gasteiger partial charge in [-0.05, 0) is 42.7 Å². The molecule has 0 saturated carbocycles. The summed E-state index contributed by atoms with van der Waals surface area (Å²) in [5.74, 6) is -2.29. The number of hydrogen-bond acceptors (Lipinski definition) is 6. The van der Waals surface area contributed by atoms with Gasteiger partial charge in [0.15, 0.2) is 5.78 Å². The van der Waals surface area contributed by atoms with Gasteiger partial charge in [0.2, 0.25) is 11.8 Å². The van der Waals surface area contributed by atoms with Crippen molar-refractivity contribution in [2.24, 2.45) is 17.8 Å². The molecule has 42 heavy (non-hydrogen) atoms. The summed E-state index contributed by atoms with van der Waals surface area (Å²) >= 11 is 0. The Hall–Kier alpha value is -3.52. The number of esters is 1. The first-order chi connectivity index (χ1) is 20.1. The van der Waals surface area contributed by atoms with Gasteiger partial charge in [0.05, 0.1) is 19.3 Å². The van der Waals surface area contributed by atoms with Gasteiger partial charge < -0.3 is 20.1 Å². The lowest BCUT2D eigenvalue weighted by atomic mass is 9.93. The zero-order chi connectivity index (χ0) is 30.9. The second-order valence-electron chi connectivity index (χ2n) is 11.7. The van der Waals surface area contributed by atoms with E-state index in [1.165, 1.54) is 6.92 Å². The Morgan fingerprint density at radius 3 is 1.88 bits per heavy atom. The van der Waals surface area contributed by atoms with E-state index in [4.69, 9.17) is 9.47 Å². The number of ether oxygens (including phenoxy) is 2. The highest BCUT2D eigenvalue weighted by molar-refractivity contribution is 6.03. The molecule has 0 bridgehead atoms. The zero-order valence-electron chi connectivity index (χ0n) is 25.8. The van der Waals surface area contributed by atoms with Crippen molar-refractivity contribution in [2.45, 2.75) is 92.0 Å². The van der Waals surface area contributed by atoms with Gasteiger partial charge >= 0.3 is 5.97 Å². The average molecular weight is 581 g/mol. The van der Waals surface area contributed by atoms with Gasteiger partial charge in [-0.3, -0.25) is 19.2 Å². The third kappa shape index (κ3) is 13.4. The molecule has 2 amide bonds. The van der Waals surface area contributed by atoms with E-state index >= 15 is 0 Å². The molecule has 0 radical (unpaired) electrons. The van der Waals surface area contributed by atoms with Crippen molar-refractivity contribution in [1.29, 1.82) is 0 Å². The number of hydrogen-bond donors (Lipinski definition) is 2. The van der Waals surface area contributed by atoms with Gasteiger partial charge in [-0.15, -0.1) is 0 Å². The first kappa shape index (κ1) is 34.7. The Bertz CT molecular complexity index is 1100. The molecular weight excluding hydrogens is 532 g/mol. The summed E-state index contributed by atoms with van der Waals surface area (Å²) in [4.78, 5) is 52.3. The highest BCUT2D eigenvalue weighted by Crippen LogP contribution is 2.14. The number of amides is 2. The number of rotatable bonds is 19. The lowest BCUT2D eigenvalue weighted by Gasteiger charge is -2.25. The molecule has 0 saturated heterocycles. The molecule has 3 atom stereocenters. The Balaban J connectivity index is 2.06. The van der Waals surface area contributed by atoms with Crippen molar-refractivity contribution >= 4 is 23.6 Å². The molecule has 8 nitrogen and oxygen atoms in total. The van der Waals surface area contributed by atoms with Crippen LogP contribution in [0.3, 0.4) is 0 Å². The van der Waals surface area contributed by atoms with Gasteiger partial charge in [-0.1, -0.05) is 101 Å².